The molecule has 5 heteroatoms. The number of hydrogen-bond donors (Lipinski definition) is 1. The average Bonchev–Trinajstić information content (AvgIpc) is 2.21. The molecular weight excluding hydrogens is 166 g/mol. The summed E-state index contributed by atoms with van der Waals surface area (Å²) in [6, 6.07) is 0. The molecule has 0 atom stereocenters. The summed E-state index contributed by atoms with van der Waals surface area (Å²) in [4.78, 5) is 14.3. The molecule has 13 heavy (non-hydrogen) atoms. The van der Waals surface area contributed by atoms with Gasteiger partial charge in [0.2, 0.25) is 0 Å². The highest BCUT2D eigenvalue weighted by Crippen LogP contribution is 1.97. The highest BCUT2D eigenvalue weighted by atomic mass is 15.2. The van der Waals surface area contributed by atoms with Gasteiger partial charge >= 0.3 is 0 Å². The number of aromatic nitrogens is 3. The molecule has 2 heterocycles. The van der Waals surface area contributed by atoms with E-state index >= 15 is 0 Å². The Balaban J connectivity index is 1.90. The van der Waals surface area contributed by atoms with E-state index in [9.17, 15) is 0 Å². The van der Waals surface area contributed by atoms with E-state index in [1.807, 2.05) is 0 Å². The van der Waals surface area contributed by atoms with Crippen LogP contribution in [-0.2, 0) is 6.54 Å². The Morgan fingerprint density at radius 3 is 2.62 bits per heavy atom. The van der Waals surface area contributed by atoms with Gasteiger partial charge in [-0.3, -0.25) is 4.90 Å². The molecule has 1 aromatic heterocycles. The van der Waals surface area contributed by atoms with Crippen molar-refractivity contribution in [2.75, 3.05) is 26.2 Å². The van der Waals surface area contributed by atoms with E-state index in [4.69, 9.17) is 0 Å². The van der Waals surface area contributed by atoms with Crippen LogP contribution in [0.4, 0.5) is 0 Å². The Hall–Kier alpha value is -1.07. The van der Waals surface area contributed by atoms with E-state index in [1.54, 1.807) is 12.7 Å². The first-order valence-electron chi connectivity index (χ1n) is 4.49. The molecule has 0 aromatic carbocycles. The van der Waals surface area contributed by atoms with E-state index in [2.05, 4.69) is 25.2 Å². The molecule has 2 rings (SSSR count). The van der Waals surface area contributed by atoms with Gasteiger partial charge in [-0.25, -0.2) is 15.0 Å². The van der Waals surface area contributed by atoms with Crippen LogP contribution < -0.4 is 5.32 Å². The van der Waals surface area contributed by atoms with Crippen molar-refractivity contribution in [1.29, 1.82) is 0 Å². The lowest BCUT2D eigenvalue weighted by atomic mass is 10.3. The van der Waals surface area contributed by atoms with Gasteiger partial charge in [-0.2, -0.15) is 0 Å². The maximum atomic E-state index is 4.09. The number of rotatable bonds is 2. The molecule has 0 amide bonds. The van der Waals surface area contributed by atoms with Crippen molar-refractivity contribution in [2.45, 2.75) is 6.54 Å². The van der Waals surface area contributed by atoms with Gasteiger partial charge in [0.05, 0.1) is 6.54 Å². The molecule has 0 saturated carbocycles. The van der Waals surface area contributed by atoms with Crippen molar-refractivity contribution in [2.24, 2.45) is 0 Å². The molecule has 1 saturated heterocycles. The molecule has 0 radical (unpaired) electrons. The monoisotopic (exact) mass is 179 g/mol. The van der Waals surface area contributed by atoms with Gasteiger partial charge in [0, 0.05) is 26.2 Å². The molecule has 70 valence electrons. The van der Waals surface area contributed by atoms with Crippen molar-refractivity contribution in [3.8, 4) is 0 Å². The quantitative estimate of drug-likeness (QED) is 0.649. The van der Waals surface area contributed by atoms with Gasteiger partial charge < -0.3 is 5.32 Å². The molecule has 1 aromatic rings. The molecule has 5 nitrogen and oxygen atoms in total. The number of hydrogen-bond acceptors (Lipinski definition) is 5. The van der Waals surface area contributed by atoms with E-state index in [1.165, 1.54) is 0 Å². The summed E-state index contributed by atoms with van der Waals surface area (Å²) in [5.41, 5.74) is 0. The van der Waals surface area contributed by atoms with Crippen LogP contribution in [0, 0.1) is 0 Å². The lowest BCUT2D eigenvalue weighted by Gasteiger charge is -2.26. The second kappa shape index (κ2) is 4.25. The molecule has 1 aliphatic rings. The van der Waals surface area contributed by atoms with E-state index in [-0.39, 0.29) is 0 Å². The third kappa shape index (κ3) is 2.43. The van der Waals surface area contributed by atoms with Crippen LogP contribution in [0.1, 0.15) is 5.82 Å². The van der Waals surface area contributed by atoms with Crippen LogP contribution in [0.3, 0.4) is 0 Å². The van der Waals surface area contributed by atoms with Crippen LogP contribution in [0.25, 0.3) is 0 Å². The van der Waals surface area contributed by atoms with Crippen molar-refractivity contribution < 1.29 is 0 Å². The minimum absolute atomic E-state index is 0.838. The second-order valence-corrected chi connectivity index (χ2v) is 3.08. The van der Waals surface area contributed by atoms with Crippen LogP contribution >= 0.6 is 0 Å². The molecular formula is C8H13N5. The van der Waals surface area contributed by atoms with Crippen molar-refractivity contribution in [1.82, 2.24) is 25.2 Å². The van der Waals surface area contributed by atoms with E-state index < -0.39 is 0 Å². The summed E-state index contributed by atoms with van der Waals surface area (Å²) in [5, 5.41) is 3.31. The van der Waals surface area contributed by atoms with Crippen LogP contribution in [-0.4, -0.2) is 46.0 Å². The van der Waals surface area contributed by atoms with Gasteiger partial charge in [0.25, 0.3) is 0 Å². The third-order valence-electron chi connectivity index (χ3n) is 2.12. The standard InChI is InChI=1S/C8H13N5/c1-3-13(4-2-9-1)5-8-11-6-10-7-12-8/h6-7,9H,1-5H2. The van der Waals surface area contributed by atoms with Crippen molar-refractivity contribution >= 4 is 0 Å². The summed E-state index contributed by atoms with van der Waals surface area (Å²) in [5.74, 6) is 0.858. The van der Waals surface area contributed by atoms with Gasteiger partial charge in [-0.1, -0.05) is 0 Å². The molecule has 1 aliphatic heterocycles. The molecule has 0 unspecified atom stereocenters. The number of piperazine rings is 1. The van der Waals surface area contributed by atoms with Gasteiger partial charge in [-0.15, -0.1) is 0 Å². The summed E-state index contributed by atoms with van der Waals surface area (Å²) >= 11 is 0. The highest BCUT2D eigenvalue weighted by Gasteiger charge is 2.10. The van der Waals surface area contributed by atoms with Crippen molar-refractivity contribution in [3.05, 3.63) is 18.5 Å². The normalized spacial score (nSPS) is 18.8. The first-order chi connectivity index (χ1) is 6.45. The third-order valence-corrected chi connectivity index (χ3v) is 2.12. The predicted octanol–water partition coefficient (Wildman–Crippen LogP) is -0.723. The van der Waals surface area contributed by atoms with E-state index in [0.717, 1.165) is 38.5 Å². The Morgan fingerprint density at radius 1 is 1.23 bits per heavy atom. The van der Waals surface area contributed by atoms with Gasteiger partial charge in [-0.05, 0) is 0 Å². The zero-order chi connectivity index (χ0) is 8.93. The molecule has 0 bridgehead atoms. The fourth-order valence-electron chi connectivity index (χ4n) is 1.41. The largest absolute Gasteiger partial charge is 0.314 e. The molecule has 1 fully saturated rings. The Morgan fingerprint density at radius 2 is 1.92 bits per heavy atom. The summed E-state index contributed by atoms with van der Waals surface area (Å²) < 4.78 is 0. The fourth-order valence-corrected chi connectivity index (χ4v) is 1.41. The second-order valence-electron chi connectivity index (χ2n) is 3.08. The highest BCUT2D eigenvalue weighted by molar-refractivity contribution is 4.82. The smallest absolute Gasteiger partial charge is 0.145 e. The lowest BCUT2D eigenvalue weighted by Crippen LogP contribution is -2.43. The summed E-state index contributed by atoms with van der Waals surface area (Å²) in [6.45, 7) is 5.11. The minimum atomic E-state index is 0.838. The first kappa shape index (κ1) is 8.52. The molecule has 0 spiro atoms. The van der Waals surface area contributed by atoms with Gasteiger partial charge in [0.15, 0.2) is 0 Å². The van der Waals surface area contributed by atoms with Crippen LogP contribution in [0.15, 0.2) is 12.7 Å². The number of nitrogens with zero attached hydrogens (tertiary/aromatic N) is 4. The lowest BCUT2D eigenvalue weighted by molar-refractivity contribution is 0.227. The molecule has 0 aliphatic carbocycles. The Kier molecular flexibility index (Phi) is 2.79. The van der Waals surface area contributed by atoms with E-state index in [0.29, 0.717) is 0 Å². The maximum Gasteiger partial charge on any atom is 0.145 e. The number of nitrogens with one attached hydrogen (secondary N) is 1. The fraction of sp³-hybridized carbons (Fsp3) is 0.625. The predicted molar refractivity (Wildman–Crippen MR) is 48.0 cm³/mol. The minimum Gasteiger partial charge on any atom is -0.314 e. The van der Waals surface area contributed by atoms with Gasteiger partial charge in [0.1, 0.15) is 18.5 Å². The average molecular weight is 179 g/mol. The zero-order valence-corrected chi connectivity index (χ0v) is 7.48. The SMILES string of the molecule is c1ncnc(CN2CCNCC2)n1. The van der Waals surface area contributed by atoms with Crippen molar-refractivity contribution in [3.63, 3.8) is 0 Å². The van der Waals surface area contributed by atoms with Crippen LogP contribution in [0.2, 0.25) is 0 Å². The Bertz CT molecular complexity index is 244. The first-order valence-corrected chi connectivity index (χ1v) is 4.49. The zero-order valence-electron chi connectivity index (χ0n) is 7.48. The summed E-state index contributed by atoms with van der Waals surface area (Å²) in [6.07, 6.45) is 3.09. The topological polar surface area (TPSA) is 53.9 Å². The summed E-state index contributed by atoms with van der Waals surface area (Å²) in [7, 11) is 0. The molecule has 1 N–H and O–H groups in total. The van der Waals surface area contributed by atoms with Crippen LogP contribution in [0.5, 0.6) is 0 Å². The Labute approximate surface area is 77.2 Å². The maximum absolute atomic E-state index is 4.09.